The van der Waals surface area contributed by atoms with Gasteiger partial charge in [0.2, 0.25) is 0 Å². The maximum atomic E-state index is 6.10. The lowest BCUT2D eigenvalue weighted by molar-refractivity contribution is 0.140. The smallest absolute Gasteiger partial charge is 0.0576 e. The molecule has 1 rings (SSSR count). The third kappa shape index (κ3) is 1.99. The average Bonchev–Trinajstić information content (AvgIpc) is 2.32. The molecule has 1 saturated heterocycles. The van der Waals surface area contributed by atoms with Gasteiger partial charge in [-0.25, -0.2) is 0 Å². The molecule has 1 aliphatic heterocycles. The fourth-order valence-corrected chi connectivity index (χ4v) is 2.31. The summed E-state index contributed by atoms with van der Waals surface area (Å²) in [5, 5.41) is 0. The van der Waals surface area contributed by atoms with E-state index in [4.69, 9.17) is 5.73 Å². The largest absolute Gasteiger partial charge is 0.316 e. The van der Waals surface area contributed by atoms with Crippen LogP contribution in [0.1, 0.15) is 46.5 Å². The summed E-state index contributed by atoms with van der Waals surface area (Å²) in [5.41, 5.74) is 6.10. The molecule has 0 radical (unpaired) electrons. The molecule has 0 spiro atoms. The molecule has 0 aromatic rings. The maximum Gasteiger partial charge on any atom is 0.0576 e. The van der Waals surface area contributed by atoms with Gasteiger partial charge in [-0.1, -0.05) is 13.3 Å². The van der Waals surface area contributed by atoms with Crippen LogP contribution in [0.5, 0.6) is 0 Å². The maximum absolute atomic E-state index is 6.10. The highest BCUT2D eigenvalue weighted by Gasteiger charge is 2.30. The highest BCUT2D eigenvalue weighted by molar-refractivity contribution is 4.85. The van der Waals surface area contributed by atoms with Crippen molar-refractivity contribution in [2.75, 3.05) is 0 Å². The van der Waals surface area contributed by atoms with E-state index in [-0.39, 0.29) is 0 Å². The molecule has 1 heterocycles. The Morgan fingerprint density at radius 2 is 1.83 bits per heavy atom. The number of nitrogens with two attached hydrogens (primary N) is 1. The van der Waals surface area contributed by atoms with Crippen molar-refractivity contribution >= 4 is 0 Å². The summed E-state index contributed by atoms with van der Waals surface area (Å²) < 4.78 is 0. The third-order valence-electron chi connectivity index (χ3n) is 2.99. The van der Waals surface area contributed by atoms with Gasteiger partial charge in [0.05, 0.1) is 6.17 Å². The van der Waals surface area contributed by atoms with Crippen molar-refractivity contribution in [1.82, 2.24) is 4.90 Å². The SMILES string of the molecule is CCCC(N)N1C(C)CCC1C. The van der Waals surface area contributed by atoms with Gasteiger partial charge in [-0.15, -0.1) is 0 Å². The third-order valence-corrected chi connectivity index (χ3v) is 2.99. The minimum Gasteiger partial charge on any atom is -0.316 e. The van der Waals surface area contributed by atoms with Gasteiger partial charge < -0.3 is 5.73 Å². The van der Waals surface area contributed by atoms with Gasteiger partial charge in [-0.05, 0) is 33.1 Å². The molecule has 0 aromatic heterocycles. The van der Waals surface area contributed by atoms with E-state index >= 15 is 0 Å². The van der Waals surface area contributed by atoms with Gasteiger partial charge in [-0.2, -0.15) is 0 Å². The lowest BCUT2D eigenvalue weighted by Gasteiger charge is -2.32. The number of rotatable bonds is 3. The summed E-state index contributed by atoms with van der Waals surface area (Å²) in [6, 6.07) is 1.39. The molecule has 2 N–H and O–H groups in total. The highest BCUT2D eigenvalue weighted by Crippen LogP contribution is 2.25. The van der Waals surface area contributed by atoms with Crippen molar-refractivity contribution < 1.29 is 0 Å². The van der Waals surface area contributed by atoms with Crippen LogP contribution < -0.4 is 5.73 Å². The van der Waals surface area contributed by atoms with Gasteiger partial charge in [0.1, 0.15) is 0 Å². The van der Waals surface area contributed by atoms with Gasteiger partial charge >= 0.3 is 0 Å². The Labute approximate surface area is 76.1 Å². The number of hydrogen-bond acceptors (Lipinski definition) is 2. The van der Waals surface area contributed by atoms with Crippen LogP contribution in [0, 0.1) is 0 Å². The lowest BCUT2D eigenvalue weighted by atomic mass is 10.2. The van der Waals surface area contributed by atoms with Crippen molar-refractivity contribution in [2.45, 2.75) is 64.7 Å². The first kappa shape index (κ1) is 10.0. The molecule has 0 amide bonds. The Morgan fingerprint density at radius 3 is 2.25 bits per heavy atom. The minimum atomic E-state index is 0.294. The minimum absolute atomic E-state index is 0.294. The second-order valence-electron chi connectivity index (χ2n) is 4.08. The Balaban J connectivity index is 2.47. The summed E-state index contributed by atoms with van der Waals surface area (Å²) >= 11 is 0. The molecule has 0 saturated carbocycles. The number of hydrogen-bond donors (Lipinski definition) is 1. The predicted octanol–water partition coefficient (Wildman–Crippen LogP) is 1.94. The molecule has 12 heavy (non-hydrogen) atoms. The highest BCUT2D eigenvalue weighted by atomic mass is 15.3. The van der Waals surface area contributed by atoms with E-state index in [0.29, 0.717) is 18.2 Å². The molecule has 1 fully saturated rings. The van der Waals surface area contributed by atoms with Crippen molar-refractivity contribution in [2.24, 2.45) is 5.73 Å². The number of nitrogens with zero attached hydrogens (tertiary/aromatic N) is 1. The van der Waals surface area contributed by atoms with E-state index in [1.54, 1.807) is 0 Å². The van der Waals surface area contributed by atoms with Crippen LogP contribution >= 0.6 is 0 Å². The summed E-state index contributed by atoms with van der Waals surface area (Å²) in [6.45, 7) is 6.78. The second-order valence-corrected chi connectivity index (χ2v) is 4.08. The first-order chi connectivity index (χ1) is 5.66. The fourth-order valence-electron chi connectivity index (χ4n) is 2.31. The van der Waals surface area contributed by atoms with Crippen LogP contribution in [-0.2, 0) is 0 Å². The summed E-state index contributed by atoms with van der Waals surface area (Å²) in [6.07, 6.45) is 5.26. The van der Waals surface area contributed by atoms with E-state index in [1.165, 1.54) is 19.3 Å². The topological polar surface area (TPSA) is 29.3 Å². The van der Waals surface area contributed by atoms with E-state index in [0.717, 1.165) is 6.42 Å². The molecule has 0 aliphatic carbocycles. The molecule has 3 unspecified atom stereocenters. The van der Waals surface area contributed by atoms with Crippen LogP contribution in [0.2, 0.25) is 0 Å². The van der Waals surface area contributed by atoms with Gasteiger partial charge in [0, 0.05) is 12.1 Å². The lowest BCUT2D eigenvalue weighted by Crippen LogP contribution is -2.47. The van der Waals surface area contributed by atoms with Crippen LogP contribution in [0.15, 0.2) is 0 Å². The Hall–Kier alpha value is -0.0800. The summed E-state index contributed by atoms with van der Waals surface area (Å²) in [7, 11) is 0. The Kier molecular flexibility index (Phi) is 3.53. The molecule has 2 nitrogen and oxygen atoms in total. The quantitative estimate of drug-likeness (QED) is 0.701. The number of likely N-dealkylation sites (tertiary alicyclic amines) is 1. The van der Waals surface area contributed by atoms with Crippen molar-refractivity contribution in [1.29, 1.82) is 0 Å². The van der Waals surface area contributed by atoms with Crippen molar-refractivity contribution in [3.8, 4) is 0 Å². The van der Waals surface area contributed by atoms with Crippen LogP contribution in [0.3, 0.4) is 0 Å². The molecule has 72 valence electrons. The molecule has 3 atom stereocenters. The Bertz CT molecular complexity index is 126. The molecular formula is C10H22N2. The Morgan fingerprint density at radius 1 is 1.33 bits per heavy atom. The van der Waals surface area contributed by atoms with Crippen molar-refractivity contribution in [3.63, 3.8) is 0 Å². The van der Waals surface area contributed by atoms with Crippen LogP contribution in [0.25, 0.3) is 0 Å². The second kappa shape index (κ2) is 4.24. The van der Waals surface area contributed by atoms with Crippen LogP contribution in [-0.4, -0.2) is 23.1 Å². The molecule has 1 aliphatic rings. The molecular weight excluding hydrogens is 148 g/mol. The zero-order valence-electron chi connectivity index (χ0n) is 8.59. The molecule has 2 heteroatoms. The first-order valence-electron chi connectivity index (χ1n) is 5.19. The first-order valence-corrected chi connectivity index (χ1v) is 5.19. The average molecular weight is 170 g/mol. The fraction of sp³-hybridized carbons (Fsp3) is 1.00. The summed E-state index contributed by atoms with van der Waals surface area (Å²) in [4.78, 5) is 2.48. The van der Waals surface area contributed by atoms with Crippen LogP contribution in [0.4, 0.5) is 0 Å². The van der Waals surface area contributed by atoms with Gasteiger partial charge in [0.25, 0.3) is 0 Å². The zero-order chi connectivity index (χ0) is 9.14. The monoisotopic (exact) mass is 170 g/mol. The standard InChI is InChI=1S/C10H22N2/c1-4-5-10(11)12-8(2)6-7-9(12)3/h8-10H,4-7,11H2,1-3H3. The molecule has 0 bridgehead atoms. The molecule has 0 aromatic carbocycles. The summed E-state index contributed by atoms with van der Waals surface area (Å²) in [5.74, 6) is 0. The van der Waals surface area contributed by atoms with Crippen molar-refractivity contribution in [3.05, 3.63) is 0 Å². The van der Waals surface area contributed by atoms with Gasteiger partial charge in [-0.3, -0.25) is 4.90 Å². The normalized spacial score (nSPS) is 34.0. The zero-order valence-corrected chi connectivity index (χ0v) is 8.59. The van der Waals surface area contributed by atoms with Gasteiger partial charge in [0.15, 0.2) is 0 Å². The van der Waals surface area contributed by atoms with E-state index < -0.39 is 0 Å². The predicted molar refractivity (Wildman–Crippen MR) is 52.9 cm³/mol. The van der Waals surface area contributed by atoms with E-state index in [1.807, 2.05) is 0 Å². The van der Waals surface area contributed by atoms with E-state index in [9.17, 15) is 0 Å². The van der Waals surface area contributed by atoms with E-state index in [2.05, 4.69) is 25.7 Å².